The van der Waals surface area contributed by atoms with Crippen LogP contribution < -0.4 is 0 Å². The second-order valence-corrected chi connectivity index (χ2v) is 12.3. The van der Waals surface area contributed by atoms with E-state index in [-0.39, 0.29) is 0 Å². The van der Waals surface area contributed by atoms with Crippen LogP contribution in [-0.2, 0) is 0 Å². The lowest BCUT2D eigenvalue weighted by atomic mass is 9.94. The molecule has 0 fully saturated rings. The van der Waals surface area contributed by atoms with E-state index >= 15 is 0 Å². The summed E-state index contributed by atoms with van der Waals surface area (Å²) in [4.78, 5) is 0. The number of para-hydroxylation sites is 5. The fourth-order valence-corrected chi connectivity index (χ4v) is 7.81. The van der Waals surface area contributed by atoms with Crippen LogP contribution in [0.2, 0.25) is 0 Å². The molecule has 226 valence electrons. The molecule has 5 nitrogen and oxygen atoms in total. The minimum absolute atomic E-state index is 0.419. The van der Waals surface area contributed by atoms with Crippen LogP contribution in [0, 0.1) is 22.7 Å². The Bertz CT molecular complexity index is 3030. The van der Waals surface area contributed by atoms with E-state index in [4.69, 9.17) is 4.42 Å². The fourth-order valence-electron chi connectivity index (χ4n) is 7.81. The molecule has 0 bridgehead atoms. The summed E-state index contributed by atoms with van der Waals surface area (Å²) in [5.41, 5.74) is 9.56. The molecular weight excluding hydrogens is 601 g/mol. The van der Waals surface area contributed by atoms with Crippen molar-refractivity contribution in [2.45, 2.75) is 0 Å². The largest absolute Gasteiger partial charge is 0.455 e. The predicted octanol–water partition coefficient (Wildman–Crippen LogP) is 11.2. The molecule has 0 unspecified atom stereocenters. The second-order valence-electron chi connectivity index (χ2n) is 12.3. The minimum atomic E-state index is 0.419. The van der Waals surface area contributed by atoms with Crippen molar-refractivity contribution in [3.63, 3.8) is 0 Å². The summed E-state index contributed by atoms with van der Waals surface area (Å²) < 4.78 is 10.9. The third-order valence-corrected chi connectivity index (χ3v) is 9.83. The highest BCUT2D eigenvalue weighted by Gasteiger charge is 2.25. The van der Waals surface area contributed by atoms with Crippen molar-refractivity contribution in [1.82, 2.24) is 9.13 Å². The zero-order valence-electron chi connectivity index (χ0n) is 26.1. The Morgan fingerprint density at radius 1 is 0.449 bits per heavy atom. The van der Waals surface area contributed by atoms with Crippen LogP contribution in [-0.4, -0.2) is 9.13 Å². The third kappa shape index (κ3) is 3.67. The quantitative estimate of drug-likeness (QED) is 0.196. The van der Waals surface area contributed by atoms with E-state index in [9.17, 15) is 10.5 Å². The highest BCUT2D eigenvalue weighted by atomic mass is 16.3. The van der Waals surface area contributed by atoms with Gasteiger partial charge in [0.1, 0.15) is 23.3 Å². The Hall–Kier alpha value is -7.08. The Morgan fingerprint density at radius 3 is 1.78 bits per heavy atom. The summed E-state index contributed by atoms with van der Waals surface area (Å²) in [7, 11) is 0. The maximum atomic E-state index is 11.1. The SMILES string of the molecule is N#Cc1ccc(-c2ccccc2-n2c3ccccc3c3ccccc32)c(C#N)c1-n1c2ccccc2c2c3oc4ccccc4c3ccc21. The van der Waals surface area contributed by atoms with Gasteiger partial charge in [-0.25, -0.2) is 0 Å². The lowest BCUT2D eigenvalue weighted by Crippen LogP contribution is -2.04. The third-order valence-electron chi connectivity index (χ3n) is 9.83. The van der Waals surface area contributed by atoms with Crippen molar-refractivity contribution in [1.29, 1.82) is 10.5 Å². The molecule has 0 aliphatic heterocycles. The van der Waals surface area contributed by atoms with Crippen molar-refractivity contribution in [3.8, 4) is 34.6 Å². The van der Waals surface area contributed by atoms with Crippen LogP contribution >= 0.6 is 0 Å². The zero-order chi connectivity index (χ0) is 32.6. The average molecular weight is 625 g/mol. The number of aromatic nitrogens is 2. The second kappa shape index (κ2) is 10.2. The first kappa shape index (κ1) is 27.1. The van der Waals surface area contributed by atoms with Crippen LogP contribution in [0.5, 0.6) is 0 Å². The number of furan rings is 1. The standard InChI is InChI=1S/C44H24N4O/c45-25-27-21-22-28(29-11-1-6-16-36(29)47-37-17-7-2-12-30(37)31-13-3-8-18-38(31)47)35(26-46)43(27)48-39-19-9-4-15-34(39)42-40(48)24-23-33-32-14-5-10-20-41(32)49-44(33)42/h1-24H. The zero-order valence-corrected chi connectivity index (χ0v) is 26.1. The van der Waals surface area contributed by atoms with E-state index in [1.807, 2.05) is 60.7 Å². The van der Waals surface area contributed by atoms with Gasteiger partial charge in [-0.2, -0.15) is 10.5 Å². The van der Waals surface area contributed by atoms with E-state index in [1.54, 1.807) is 0 Å². The monoisotopic (exact) mass is 624 g/mol. The smallest absolute Gasteiger partial charge is 0.145 e. The number of rotatable bonds is 3. The van der Waals surface area contributed by atoms with Gasteiger partial charge >= 0.3 is 0 Å². The summed E-state index contributed by atoms with van der Waals surface area (Å²) in [6.45, 7) is 0. The molecule has 5 heteroatoms. The van der Waals surface area contributed by atoms with E-state index in [0.717, 1.165) is 82.4 Å². The number of nitrogens with zero attached hydrogens (tertiary/aromatic N) is 4. The minimum Gasteiger partial charge on any atom is -0.455 e. The topological polar surface area (TPSA) is 70.6 Å². The van der Waals surface area contributed by atoms with Gasteiger partial charge in [0.15, 0.2) is 0 Å². The number of hydrogen-bond donors (Lipinski definition) is 0. The van der Waals surface area contributed by atoms with E-state index < -0.39 is 0 Å². The highest BCUT2D eigenvalue weighted by molar-refractivity contribution is 6.24. The molecule has 3 aromatic heterocycles. The lowest BCUT2D eigenvalue weighted by molar-refractivity contribution is 0.673. The Morgan fingerprint density at radius 2 is 1.06 bits per heavy atom. The first-order valence-electron chi connectivity index (χ1n) is 16.2. The van der Waals surface area contributed by atoms with E-state index in [0.29, 0.717) is 16.8 Å². The number of hydrogen-bond acceptors (Lipinski definition) is 3. The van der Waals surface area contributed by atoms with Gasteiger partial charge in [-0.05, 0) is 48.5 Å². The van der Waals surface area contributed by atoms with Crippen molar-refractivity contribution >= 4 is 65.6 Å². The summed E-state index contributed by atoms with van der Waals surface area (Å²) >= 11 is 0. The van der Waals surface area contributed by atoms with Gasteiger partial charge in [0.25, 0.3) is 0 Å². The molecule has 10 rings (SSSR count). The maximum Gasteiger partial charge on any atom is 0.145 e. The molecule has 0 saturated heterocycles. The van der Waals surface area contributed by atoms with Crippen molar-refractivity contribution < 1.29 is 4.42 Å². The van der Waals surface area contributed by atoms with Gasteiger partial charge < -0.3 is 13.6 Å². The first-order chi connectivity index (χ1) is 24.3. The van der Waals surface area contributed by atoms with Crippen LogP contribution in [0.15, 0.2) is 150 Å². The summed E-state index contributed by atoms with van der Waals surface area (Å²) in [5.74, 6) is 0. The van der Waals surface area contributed by atoms with Gasteiger partial charge in [-0.15, -0.1) is 0 Å². The molecule has 0 atom stereocenters. The molecule has 0 spiro atoms. The molecule has 0 amide bonds. The molecule has 0 radical (unpaired) electrons. The molecule has 0 saturated carbocycles. The Kier molecular flexibility index (Phi) is 5.64. The molecule has 0 aliphatic carbocycles. The Balaban J connectivity index is 1.31. The Labute approximate surface area is 280 Å². The van der Waals surface area contributed by atoms with Crippen LogP contribution in [0.4, 0.5) is 0 Å². The predicted molar refractivity (Wildman–Crippen MR) is 197 cm³/mol. The summed E-state index contributed by atoms with van der Waals surface area (Å²) in [6, 6.07) is 54.1. The molecule has 7 aromatic carbocycles. The average Bonchev–Trinajstić information content (AvgIpc) is 3.82. The first-order valence-corrected chi connectivity index (χ1v) is 16.2. The molecule has 3 heterocycles. The molecule has 10 aromatic rings. The van der Waals surface area contributed by atoms with Gasteiger partial charge in [0, 0.05) is 38.1 Å². The highest BCUT2D eigenvalue weighted by Crippen LogP contribution is 2.44. The molecule has 0 N–H and O–H groups in total. The van der Waals surface area contributed by atoms with Gasteiger partial charge in [-0.1, -0.05) is 97.1 Å². The number of fused-ring (bicyclic) bond motifs is 10. The summed E-state index contributed by atoms with van der Waals surface area (Å²) in [5, 5.41) is 28.0. The number of benzene rings is 7. The molecular formula is C44H24N4O. The summed E-state index contributed by atoms with van der Waals surface area (Å²) in [6.07, 6.45) is 0. The van der Waals surface area contributed by atoms with Crippen molar-refractivity contribution in [3.05, 3.63) is 157 Å². The lowest BCUT2D eigenvalue weighted by Gasteiger charge is -2.18. The van der Waals surface area contributed by atoms with Gasteiger partial charge in [-0.3, -0.25) is 0 Å². The molecule has 49 heavy (non-hydrogen) atoms. The van der Waals surface area contributed by atoms with E-state index in [2.05, 4.69) is 106 Å². The van der Waals surface area contributed by atoms with Gasteiger partial charge in [0.05, 0.1) is 50.0 Å². The fraction of sp³-hybridized carbons (Fsp3) is 0. The van der Waals surface area contributed by atoms with Crippen molar-refractivity contribution in [2.24, 2.45) is 0 Å². The van der Waals surface area contributed by atoms with Crippen molar-refractivity contribution in [2.75, 3.05) is 0 Å². The van der Waals surface area contributed by atoms with Gasteiger partial charge in [0.2, 0.25) is 0 Å². The van der Waals surface area contributed by atoms with Crippen LogP contribution in [0.25, 0.3) is 88.1 Å². The maximum absolute atomic E-state index is 11.1. The van der Waals surface area contributed by atoms with Crippen LogP contribution in [0.1, 0.15) is 11.1 Å². The number of nitriles is 2. The molecule has 0 aliphatic rings. The van der Waals surface area contributed by atoms with Crippen LogP contribution in [0.3, 0.4) is 0 Å². The normalized spacial score (nSPS) is 11.6. The van der Waals surface area contributed by atoms with E-state index in [1.165, 1.54) is 0 Å².